The second-order valence-corrected chi connectivity index (χ2v) is 6.91. The number of fused-ring (bicyclic) bond motifs is 2. The summed E-state index contributed by atoms with van der Waals surface area (Å²) in [6.07, 6.45) is -3.78. The Kier molecular flexibility index (Phi) is 3.92. The first-order chi connectivity index (χ1) is 12.7. The van der Waals surface area contributed by atoms with Crippen LogP contribution in [-0.2, 0) is 29.5 Å². The molecule has 1 atom stereocenters. The topological polar surface area (TPSA) is 62.3 Å². The van der Waals surface area contributed by atoms with Crippen LogP contribution in [-0.4, -0.2) is 21.8 Å². The number of aromatic nitrogens is 1. The van der Waals surface area contributed by atoms with Gasteiger partial charge in [-0.3, -0.25) is 9.69 Å². The Balaban J connectivity index is 1.70. The molecule has 27 heavy (non-hydrogen) atoms. The average Bonchev–Trinajstić information content (AvgIpc) is 3.09. The van der Waals surface area contributed by atoms with Crippen LogP contribution in [0.1, 0.15) is 28.8 Å². The molecule has 5 nitrogen and oxygen atoms in total. The number of carbonyl (C=O) groups excluding carboxylic acids is 2. The fraction of sp³-hybridized carbons (Fsp3) is 0.278. The van der Waals surface area contributed by atoms with Gasteiger partial charge in [0.1, 0.15) is 10.7 Å². The molecular weight excluding hydrogens is 383 g/mol. The molecule has 1 aromatic carbocycles. The van der Waals surface area contributed by atoms with Gasteiger partial charge in [0.2, 0.25) is 0 Å². The average molecular weight is 396 g/mol. The predicted octanol–water partition coefficient (Wildman–Crippen LogP) is 3.65. The van der Waals surface area contributed by atoms with E-state index in [2.05, 4.69) is 10.3 Å². The maximum Gasteiger partial charge on any atom is 0.433 e. The minimum atomic E-state index is -4.75. The van der Waals surface area contributed by atoms with Gasteiger partial charge in [-0.25, -0.2) is 9.78 Å². The van der Waals surface area contributed by atoms with Gasteiger partial charge in [0.25, 0.3) is 5.91 Å². The molecule has 1 spiro atoms. The van der Waals surface area contributed by atoms with Crippen LogP contribution in [0, 0.1) is 0 Å². The van der Waals surface area contributed by atoms with E-state index in [1.165, 1.54) is 6.07 Å². The number of carbonyl (C=O) groups is 2. The fourth-order valence-electron chi connectivity index (χ4n) is 3.74. The molecule has 0 saturated carbocycles. The van der Waals surface area contributed by atoms with E-state index < -0.39 is 35.9 Å². The number of alkyl halides is 3. The molecule has 1 aliphatic carbocycles. The van der Waals surface area contributed by atoms with E-state index in [1.807, 2.05) is 12.1 Å². The standard InChI is InChI=1S/C18H13ClF3N3O2/c19-13-6-5-11(14(23-13)18(20,21)22)9-25-15(26)17(24-16(25)27)8-7-10-3-1-2-4-12(10)17/h1-6H,7-9H2,(H,24,27). The molecule has 2 heterocycles. The van der Waals surface area contributed by atoms with Gasteiger partial charge in [-0.15, -0.1) is 0 Å². The Morgan fingerprint density at radius 2 is 1.93 bits per heavy atom. The number of urea groups is 1. The van der Waals surface area contributed by atoms with Crippen LogP contribution in [0.4, 0.5) is 18.0 Å². The van der Waals surface area contributed by atoms with Gasteiger partial charge >= 0.3 is 12.2 Å². The van der Waals surface area contributed by atoms with Crippen LogP contribution in [0.3, 0.4) is 0 Å². The molecule has 1 aromatic heterocycles. The number of pyridine rings is 1. The Morgan fingerprint density at radius 1 is 1.19 bits per heavy atom. The molecule has 1 saturated heterocycles. The van der Waals surface area contributed by atoms with Crippen molar-refractivity contribution in [2.24, 2.45) is 0 Å². The summed E-state index contributed by atoms with van der Waals surface area (Å²) >= 11 is 5.58. The molecule has 1 aliphatic heterocycles. The maximum absolute atomic E-state index is 13.3. The quantitative estimate of drug-likeness (QED) is 0.623. The molecule has 0 radical (unpaired) electrons. The van der Waals surface area contributed by atoms with E-state index in [1.54, 1.807) is 12.1 Å². The first kappa shape index (κ1) is 17.8. The fourth-order valence-corrected chi connectivity index (χ4v) is 3.89. The van der Waals surface area contributed by atoms with Gasteiger partial charge in [0.15, 0.2) is 5.69 Å². The van der Waals surface area contributed by atoms with Crippen molar-refractivity contribution in [3.05, 3.63) is 63.9 Å². The molecule has 9 heteroatoms. The summed E-state index contributed by atoms with van der Waals surface area (Å²) in [5.74, 6) is -0.555. The molecule has 3 amide bonds. The number of rotatable bonds is 2. The third kappa shape index (κ3) is 2.75. The highest BCUT2D eigenvalue weighted by Gasteiger charge is 2.55. The van der Waals surface area contributed by atoms with E-state index in [4.69, 9.17) is 11.6 Å². The molecule has 1 N–H and O–H groups in total. The molecule has 1 unspecified atom stereocenters. The minimum Gasteiger partial charge on any atom is -0.319 e. The van der Waals surface area contributed by atoms with Gasteiger partial charge in [-0.1, -0.05) is 41.9 Å². The number of nitrogens with one attached hydrogen (secondary N) is 1. The number of hydrogen-bond acceptors (Lipinski definition) is 3. The number of benzene rings is 1. The second-order valence-electron chi connectivity index (χ2n) is 6.52. The number of halogens is 4. The van der Waals surface area contributed by atoms with Crippen molar-refractivity contribution in [1.29, 1.82) is 0 Å². The van der Waals surface area contributed by atoms with Crippen LogP contribution >= 0.6 is 11.6 Å². The van der Waals surface area contributed by atoms with Crippen molar-refractivity contribution in [1.82, 2.24) is 15.2 Å². The van der Waals surface area contributed by atoms with E-state index in [0.29, 0.717) is 18.4 Å². The van der Waals surface area contributed by atoms with Crippen molar-refractivity contribution >= 4 is 23.5 Å². The molecular formula is C18H13ClF3N3O2. The maximum atomic E-state index is 13.3. The zero-order chi connectivity index (χ0) is 19.4. The lowest BCUT2D eigenvalue weighted by atomic mass is 9.92. The first-order valence-corrected chi connectivity index (χ1v) is 8.55. The number of imide groups is 1. The molecule has 140 valence electrons. The predicted molar refractivity (Wildman–Crippen MR) is 89.8 cm³/mol. The zero-order valence-corrected chi connectivity index (χ0v) is 14.6. The summed E-state index contributed by atoms with van der Waals surface area (Å²) in [6.45, 7) is -0.534. The normalized spacial score (nSPS) is 21.7. The Bertz CT molecular complexity index is 963. The summed E-state index contributed by atoms with van der Waals surface area (Å²) in [5, 5.41) is 2.37. The molecule has 0 bridgehead atoms. The Morgan fingerprint density at radius 3 is 2.67 bits per heavy atom. The lowest BCUT2D eigenvalue weighted by molar-refractivity contribution is -0.142. The van der Waals surface area contributed by atoms with Crippen LogP contribution < -0.4 is 5.32 Å². The van der Waals surface area contributed by atoms with Crippen LogP contribution in [0.2, 0.25) is 5.15 Å². The van der Waals surface area contributed by atoms with E-state index in [0.717, 1.165) is 16.5 Å². The van der Waals surface area contributed by atoms with Crippen LogP contribution in [0.15, 0.2) is 36.4 Å². The van der Waals surface area contributed by atoms with Gasteiger partial charge in [0.05, 0.1) is 6.54 Å². The van der Waals surface area contributed by atoms with Gasteiger partial charge in [-0.2, -0.15) is 13.2 Å². The Hall–Kier alpha value is -2.61. The monoisotopic (exact) mass is 395 g/mol. The molecule has 4 rings (SSSR count). The second kappa shape index (κ2) is 5.95. The zero-order valence-electron chi connectivity index (χ0n) is 13.8. The van der Waals surface area contributed by atoms with Crippen molar-refractivity contribution in [2.45, 2.75) is 31.1 Å². The highest BCUT2D eigenvalue weighted by atomic mass is 35.5. The van der Waals surface area contributed by atoms with Gasteiger partial charge < -0.3 is 5.32 Å². The summed E-state index contributed by atoms with van der Waals surface area (Å²) in [7, 11) is 0. The highest BCUT2D eigenvalue weighted by Crippen LogP contribution is 2.42. The lowest BCUT2D eigenvalue weighted by Crippen LogP contribution is -2.41. The number of aryl methyl sites for hydroxylation is 1. The molecule has 1 fully saturated rings. The van der Waals surface area contributed by atoms with E-state index >= 15 is 0 Å². The van der Waals surface area contributed by atoms with Gasteiger partial charge in [-0.05, 0) is 30.0 Å². The first-order valence-electron chi connectivity index (χ1n) is 8.17. The number of hydrogen-bond donors (Lipinski definition) is 1. The third-order valence-corrected chi connectivity index (χ3v) is 5.17. The summed E-state index contributed by atoms with van der Waals surface area (Å²) in [6, 6.07) is 8.84. The number of amides is 3. The van der Waals surface area contributed by atoms with Crippen molar-refractivity contribution < 1.29 is 22.8 Å². The number of nitrogens with zero attached hydrogens (tertiary/aromatic N) is 2. The lowest BCUT2D eigenvalue weighted by Gasteiger charge is -2.22. The van der Waals surface area contributed by atoms with E-state index in [-0.39, 0.29) is 10.7 Å². The Labute approximate surface area is 157 Å². The van der Waals surface area contributed by atoms with Crippen molar-refractivity contribution in [2.75, 3.05) is 0 Å². The highest BCUT2D eigenvalue weighted by molar-refractivity contribution is 6.29. The van der Waals surface area contributed by atoms with E-state index in [9.17, 15) is 22.8 Å². The van der Waals surface area contributed by atoms with Crippen LogP contribution in [0.5, 0.6) is 0 Å². The third-order valence-electron chi connectivity index (χ3n) is 4.96. The summed E-state index contributed by atoms with van der Waals surface area (Å²) in [5.41, 5.74) is -1.08. The summed E-state index contributed by atoms with van der Waals surface area (Å²) in [4.78, 5) is 29.6. The van der Waals surface area contributed by atoms with Crippen molar-refractivity contribution in [3.63, 3.8) is 0 Å². The minimum absolute atomic E-state index is 0.293. The smallest absolute Gasteiger partial charge is 0.319 e. The molecule has 2 aliphatic rings. The SMILES string of the molecule is O=C1NC2(CCc3ccccc32)C(=O)N1Cc1ccc(Cl)nc1C(F)(F)F. The van der Waals surface area contributed by atoms with Crippen molar-refractivity contribution in [3.8, 4) is 0 Å². The summed E-state index contributed by atoms with van der Waals surface area (Å²) < 4.78 is 39.8. The largest absolute Gasteiger partial charge is 0.433 e. The van der Waals surface area contributed by atoms with Gasteiger partial charge in [0, 0.05) is 5.56 Å². The molecule has 2 aromatic rings. The van der Waals surface area contributed by atoms with Crippen LogP contribution in [0.25, 0.3) is 0 Å².